The number of para-hydroxylation sites is 1. The first kappa shape index (κ1) is 13.4. The number of hydrogen-bond acceptors (Lipinski definition) is 3. The maximum absolute atomic E-state index is 6.01. The van der Waals surface area contributed by atoms with Gasteiger partial charge < -0.3 is 9.47 Å². The van der Waals surface area contributed by atoms with Crippen LogP contribution < -0.4 is 4.74 Å². The van der Waals surface area contributed by atoms with Crippen LogP contribution in [0.4, 0.5) is 0 Å². The Bertz CT molecular complexity index is 626. The number of halogens is 1. The van der Waals surface area contributed by atoms with Gasteiger partial charge in [-0.2, -0.15) is 0 Å². The third-order valence-corrected chi connectivity index (χ3v) is 3.78. The van der Waals surface area contributed by atoms with Crippen LogP contribution in [0.1, 0.15) is 30.7 Å². The van der Waals surface area contributed by atoms with Crippen molar-refractivity contribution in [1.82, 2.24) is 4.98 Å². The van der Waals surface area contributed by atoms with E-state index in [0.29, 0.717) is 12.5 Å². The summed E-state index contributed by atoms with van der Waals surface area (Å²) in [6, 6.07) is 9.66. The molecule has 0 radical (unpaired) electrons. The maximum Gasteiger partial charge on any atom is 0.156 e. The first-order valence-electron chi connectivity index (χ1n) is 6.56. The van der Waals surface area contributed by atoms with Crippen molar-refractivity contribution in [3.8, 4) is 11.5 Å². The summed E-state index contributed by atoms with van der Waals surface area (Å²) in [7, 11) is 0. The molecule has 20 heavy (non-hydrogen) atoms. The van der Waals surface area contributed by atoms with Crippen LogP contribution in [0.5, 0.6) is 11.5 Å². The SMILES string of the molecule is CC1(C)OCc2c1cnc(CCl)c2Oc1ccccc1. The van der Waals surface area contributed by atoms with Crippen LogP contribution in [0, 0.1) is 0 Å². The Balaban J connectivity index is 2.07. The van der Waals surface area contributed by atoms with E-state index in [2.05, 4.69) is 4.98 Å². The van der Waals surface area contributed by atoms with Gasteiger partial charge in [-0.15, -0.1) is 11.6 Å². The van der Waals surface area contributed by atoms with E-state index in [9.17, 15) is 0 Å². The third-order valence-electron chi connectivity index (χ3n) is 3.53. The number of pyridine rings is 1. The minimum atomic E-state index is -0.331. The molecule has 0 saturated carbocycles. The summed E-state index contributed by atoms with van der Waals surface area (Å²) in [5.41, 5.74) is 2.53. The summed E-state index contributed by atoms with van der Waals surface area (Å²) in [4.78, 5) is 4.42. The van der Waals surface area contributed by atoms with Gasteiger partial charge in [-0.05, 0) is 26.0 Å². The molecule has 0 spiro atoms. The highest BCUT2D eigenvalue weighted by Crippen LogP contribution is 2.42. The van der Waals surface area contributed by atoms with Gasteiger partial charge in [-0.25, -0.2) is 0 Å². The Morgan fingerprint density at radius 2 is 2.05 bits per heavy atom. The number of hydrogen-bond donors (Lipinski definition) is 0. The fourth-order valence-corrected chi connectivity index (χ4v) is 2.58. The van der Waals surface area contributed by atoms with Crippen molar-refractivity contribution in [3.63, 3.8) is 0 Å². The molecule has 0 aliphatic carbocycles. The summed E-state index contributed by atoms with van der Waals surface area (Å²) < 4.78 is 11.8. The van der Waals surface area contributed by atoms with Crippen molar-refractivity contribution in [1.29, 1.82) is 0 Å². The number of benzene rings is 1. The summed E-state index contributed by atoms with van der Waals surface area (Å²) in [6.07, 6.45) is 1.85. The molecule has 0 N–H and O–H groups in total. The quantitative estimate of drug-likeness (QED) is 0.786. The summed E-state index contributed by atoms with van der Waals surface area (Å²) in [5, 5.41) is 0. The molecule has 1 aromatic carbocycles. The van der Waals surface area contributed by atoms with Crippen molar-refractivity contribution in [3.05, 3.63) is 53.3 Å². The fraction of sp³-hybridized carbons (Fsp3) is 0.312. The van der Waals surface area contributed by atoms with Crippen molar-refractivity contribution >= 4 is 11.6 Å². The van der Waals surface area contributed by atoms with Gasteiger partial charge in [0.15, 0.2) is 5.75 Å². The molecule has 1 aliphatic heterocycles. The number of nitrogens with zero attached hydrogens (tertiary/aromatic N) is 1. The largest absolute Gasteiger partial charge is 0.455 e. The first-order valence-corrected chi connectivity index (χ1v) is 7.09. The summed E-state index contributed by atoms with van der Waals surface area (Å²) in [6.45, 7) is 4.59. The minimum absolute atomic E-state index is 0.315. The van der Waals surface area contributed by atoms with E-state index in [1.54, 1.807) is 0 Å². The second-order valence-corrected chi connectivity index (χ2v) is 5.54. The van der Waals surface area contributed by atoms with Gasteiger partial charge in [0, 0.05) is 17.3 Å². The Morgan fingerprint density at radius 3 is 2.75 bits per heavy atom. The molecule has 3 nitrogen and oxygen atoms in total. The van der Waals surface area contributed by atoms with E-state index in [0.717, 1.165) is 28.3 Å². The lowest BCUT2D eigenvalue weighted by molar-refractivity contribution is -0.00818. The van der Waals surface area contributed by atoms with Crippen LogP contribution in [-0.4, -0.2) is 4.98 Å². The highest BCUT2D eigenvalue weighted by atomic mass is 35.5. The van der Waals surface area contributed by atoms with E-state index < -0.39 is 0 Å². The number of aromatic nitrogens is 1. The van der Waals surface area contributed by atoms with Crippen LogP contribution in [0.2, 0.25) is 0 Å². The van der Waals surface area contributed by atoms with Crippen molar-refractivity contribution in [2.75, 3.05) is 0 Å². The molecule has 1 aliphatic rings. The number of alkyl halides is 1. The Hall–Kier alpha value is -1.58. The van der Waals surface area contributed by atoms with Gasteiger partial charge in [0.25, 0.3) is 0 Å². The van der Waals surface area contributed by atoms with Gasteiger partial charge in [0.2, 0.25) is 0 Å². The molecule has 0 amide bonds. The van der Waals surface area contributed by atoms with E-state index in [-0.39, 0.29) is 5.60 Å². The van der Waals surface area contributed by atoms with E-state index in [4.69, 9.17) is 21.1 Å². The first-order chi connectivity index (χ1) is 9.62. The Kier molecular flexibility index (Phi) is 3.40. The van der Waals surface area contributed by atoms with Crippen LogP contribution in [-0.2, 0) is 22.8 Å². The smallest absolute Gasteiger partial charge is 0.156 e. The molecule has 0 bridgehead atoms. The highest BCUT2D eigenvalue weighted by Gasteiger charge is 2.34. The van der Waals surface area contributed by atoms with Crippen molar-refractivity contribution < 1.29 is 9.47 Å². The Labute approximate surface area is 123 Å². The van der Waals surface area contributed by atoms with Crippen molar-refractivity contribution in [2.45, 2.75) is 31.9 Å². The Morgan fingerprint density at radius 1 is 1.30 bits per heavy atom. The predicted octanol–water partition coefficient (Wildman–Crippen LogP) is 4.38. The lowest BCUT2D eigenvalue weighted by atomic mass is 9.97. The number of ether oxygens (including phenoxy) is 2. The molecule has 0 atom stereocenters. The minimum Gasteiger partial charge on any atom is -0.455 e. The van der Waals surface area contributed by atoms with Crippen LogP contribution in [0.3, 0.4) is 0 Å². The molecule has 0 unspecified atom stereocenters. The molecule has 0 fully saturated rings. The molecule has 3 rings (SSSR count). The second-order valence-electron chi connectivity index (χ2n) is 5.27. The third kappa shape index (κ3) is 2.28. The monoisotopic (exact) mass is 289 g/mol. The summed E-state index contributed by atoms with van der Waals surface area (Å²) in [5.74, 6) is 1.82. The van der Waals surface area contributed by atoms with Gasteiger partial charge in [-0.1, -0.05) is 18.2 Å². The lowest BCUT2D eigenvalue weighted by Crippen LogP contribution is -2.15. The van der Waals surface area contributed by atoms with Crippen LogP contribution >= 0.6 is 11.6 Å². The van der Waals surface area contributed by atoms with Gasteiger partial charge >= 0.3 is 0 Å². The molecule has 1 aromatic heterocycles. The second kappa shape index (κ2) is 5.08. The highest BCUT2D eigenvalue weighted by molar-refractivity contribution is 6.17. The fourth-order valence-electron chi connectivity index (χ4n) is 2.39. The molecule has 2 aromatic rings. The zero-order valence-electron chi connectivity index (χ0n) is 11.5. The lowest BCUT2D eigenvalue weighted by Gasteiger charge is -2.18. The number of fused-ring (bicyclic) bond motifs is 1. The standard InChI is InChI=1S/C16H16ClNO2/c1-16(2)13-9-18-14(8-17)15(12(13)10-19-16)20-11-6-4-3-5-7-11/h3-7,9H,8,10H2,1-2H3. The van der Waals surface area contributed by atoms with Crippen LogP contribution in [0.15, 0.2) is 36.5 Å². The topological polar surface area (TPSA) is 31.4 Å². The zero-order chi connectivity index (χ0) is 14.2. The predicted molar refractivity (Wildman–Crippen MR) is 78.1 cm³/mol. The average Bonchev–Trinajstić information content (AvgIpc) is 2.76. The van der Waals surface area contributed by atoms with Crippen LogP contribution in [0.25, 0.3) is 0 Å². The average molecular weight is 290 g/mol. The normalized spacial score (nSPS) is 15.9. The van der Waals surface area contributed by atoms with Crippen molar-refractivity contribution in [2.24, 2.45) is 0 Å². The van der Waals surface area contributed by atoms with E-state index in [1.165, 1.54) is 0 Å². The zero-order valence-corrected chi connectivity index (χ0v) is 12.3. The van der Waals surface area contributed by atoms with E-state index in [1.807, 2.05) is 50.4 Å². The van der Waals surface area contributed by atoms with E-state index >= 15 is 0 Å². The van der Waals surface area contributed by atoms with Gasteiger partial charge in [0.1, 0.15) is 5.75 Å². The molecular weight excluding hydrogens is 274 g/mol. The molecule has 0 saturated heterocycles. The maximum atomic E-state index is 6.01. The molecule has 2 heterocycles. The van der Waals surface area contributed by atoms with Gasteiger partial charge in [0.05, 0.1) is 23.8 Å². The number of rotatable bonds is 3. The molecular formula is C16H16ClNO2. The summed E-state index contributed by atoms with van der Waals surface area (Å²) >= 11 is 5.99. The molecule has 104 valence electrons. The molecule has 4 heteroatoms. The van der Waals surface area contributed by atoms with Gasteiger partial charge in [-0.3, -0.25) is 4.98 Å².